The molecule has 2 heterocycles. The molecule has 0 spiro atoms. The van der Waals surface area contributed by atoms with Crippen LogP contribution in [-0.2, 0) is 17.9 Å². The van der Waals surface area contributed by atoms with Gasteiger partial charge in [0.2, 0.25) is 5.91 Å². The number of carbonyl (C=O) groups excluding carboxylic acids is 2. The number of pyridine rings is 1. The molecule has 0 radical (unpaired) electrons. The van der Waals surface area contributed by atoms with Crippen molar-refractivity contribution in [3.05, 3.63) is 46.6 Å². The molecule has 0 bridgehead atoms. The monoisotopic (exact) mass is 277 g/mol. The fourth-order valence-electron chi connectivity index (χ4n) is 1.98. The maximum atomic E-state index is 12.1. The van der Waals surface area contributed by atoms with Crippen molar-refractivity contribution < 1.29 is 14.7 Å². The number of aliphatic hydroxyl groups is 1. The fourth-order valence-corrected chi connectivity index (χ4v) is 1.98. The van der Waals surface area contributed by atoms with Gasteiger partial charge in [0, 0.05) is 24.7 Å². The zero-order valence-electron chi connectivity index (χ0n) is 10.8. The minimum absolute atomic E-state index is 0.0113. The van der Waals surface area contributed by atoms with E-state index in [4.69, 9.17) is 5.11 Å². The van der Waals surface area contributed by atoms with Crippen LogP contribution in [0.15, 0.2) is 35.5 Å². The van der Waals surface area contributed by atoms with Crippen molar-refractivity contribution >= 4 is 11.9 Å². The molecule has 7 heteroatoms. The Balaban J connectivity index is 2.17. The van der Waals surface area contributed by atoms with E-state index in [0.717, 1.165) is 0 Å². The van der Waals surface area contributed by atoms with Crippen molar-refractivity contribution in [2.45, 2.75) is 19.5 Å². The molecular formula is C13H15N3O4. The van der Waals surface area contributed by atoms with Gasteiger partial charge < -0.3 is 14.6 Å². The second-order valence-electron chi connectivity index (χ2n) is 4.56. The third-order valence-corrected chi connectivity index (χ3v) is 2.96. The molecule has 1 aromatic rings. The third kappa shape index (κ3) is 3.05. The Morgan fingerprint density at radius 2 is 2.15 bits per heavy atom. The molecule has 0 aromatic carbocycles. The van der Waals surface area contributed by atoms with E-state index in [1.165, 1.54) is 15.7 Å². The van der Waals surface area contributed by atoms with E-state index in [1.807, 2.05) is 0 Å². The number of hydrogen-bond acceptors (Lipinski definition) is 4. The molecule has 7 nitrogen and oxygen atoms in total. The Morgan fingerprint density at radius 3 is 2.80 bits per heavy atom. The first-order chi connectivity index (χ1) is 9.47. The van der Waals surface area contributed by atoms with E-state index in [-0.39, 0.29) is 43.3 Å². The number of urea groups is 1. The number of rotatable bonds is 4. The van der Waals surface area contributed by atoms with Crippen LogP contribution in [-0.4, -0.2) is 33.1 Å². The minimum atomic E-state index is -0.498. The zero-order chi connectivity index (χ0) is 14.7. The standard InChI is InChI=1S/C13H15N3O4/c1-9(17)7-15-5-2-3-10(12(15)19)8-16-6-4-11(18)14-13(16)20/h2-3,5,17H,1,4,6-8H2,(H,14,18,20). The summed E-state index contributed by atoms with van der Waals surface area (Å²) in [7, 11) is 0. The lowest BCUT2D eigenvalue weighted by atomic mass is 10.2. The van der Waals surface area contributed by atoms with Crippen molar-refractivity contribution in [1.29, 1.82) is 0 Å². The first kappa shape index (κ1) is 13.9. The Hall–Kier alpha value is -2.57. The molecule has 1 saturated heterocycles. The molecule has 0 aliphatic carbocycles. The van der Waals surface area contributed by atoms with Crippen molar-refractivity contribution in [1.82, 2.24) is 14.8 Å². The SMILES string of the molecule is C=C(O)Cn1cccc(CN2CCC(=O)NC2=O)c1=O. The van der Waals surface area contributed by atoms with E-state index in [2.05, 4.69) is 11.9 Å². The highest BCUT2D eigenvalue weighted by molar-refractivity contribution is 5.96. The molecule has 2 N–H and O–H groups in total. The lowest BCUT2D eigenvalue weighted by Gasteiger charge is -2.26. The van der Waals surface area contributed by atoms with E-state index in [1.54, 1.807) is 12.1 Å². The van der Waals surface area contributed by atoms with Crippen LogP contribution >= 0.6 is 0 Å². The molecule has 1 aliphatic rings. The summed E-state index contributed by atoms with van der Waals surface area (Å²) in [4.78, 5) is 36.2. The summed E-state index contributed by atoms with van der Waals surface area (Å²) < 4.78 is 1.31. The van der Waals surface area contributed by atoms with E-state index < -0.39 is 6.03 Å². The predicted molar refractivity (Wildman–Crippen MR) is 71.0 cm³/mol. The maximum Gasteiger partial charge on any atom is 0.324 e. The number of aliphatic hydroxyl groups excluding tert-OH is 1. The highest BCUT2D eigenvalue weighted by Crippen LogP contribution is 2.06. The predicted octanol–water partition coefficient (Wildman–Crippen LogP) is 0.362. The molecule has 0 unspecified atom stereocenters. The molecule has 0 saturated carbocycles. The second-order valence-corrected chi connectivity index (χ2v) is 4.56. The molecule has 20 heavy (non-hydrogen) atoms. The minimum Gasteiger partial charge on any atom is -0.511 e. The molecule has 106 valence electrons. The van der Waals surface area contributed by atoms with Gasteiger partial charge in [-0.2, -0.15) is 0 Å². The van der Waals surface area contributed by atoms with Crippen LogP contribution in [0.1, 0.15) is 12.0 Å². The van der Waals surface area contributed by atoms with Gasteiger partial charge in [-0.25, -0.2) is 4.79 Å². The summed E-state index contributed by atoms with van der Waals surface area (Å²) in [6.07, 6.45) is 1.76. The summed E-state index contributed by atoms with van der Waals surface area (Å²) >= 11 is 0. The Bertz CT molecular complexity index is 620. The molecule has 0 atom stereocenters. The largest absolute Gasteiger partial charge is 0.511 e. The van der Waals surface area contributed by atoms with Gasteiger partial charge in [-0.15, -0.1) is 0 Å². The summed E-state index contributed by atoms with van der Waals surface area (Å²) in [5.41, 5.74) is 0.116. The summed E-state index contributed by atoms with van der Waals surface area (Å²) in [5, 5.41) is 11.3. The number of hydrogen-bond donors (Lipinski definition) is 2. The van der Waals surface area contributed by atoms with Gasteiger partial charge in [-0.1, -0.05) is 12.6 Å². The maximum absolute atomic E-state index is 12.1. The fraction of sp³-hybridized carbons (Fsp3) is 0.308. The quantitative estimate of drug-likeness (QED) is 0.777. The molecule has 2 rings (SSSR count). The van der Waals surface area contributed by atoms with Gasteiger partial charge in [0.15, 0.2) is 0 Å². The molecule has 3 amide bonds. The zero-order valence-corrected chi connectivity index (χ0v) is 10.8. The van der Waals surface area contributed by atoms with Gasteiger partial charge in [0.05, 0.1) is 13.1 Å². The van der Waals surface area contributed by atoms with E-state index >= 15 is 0 Å². The van der Waals surface area contributed by atoms with Crippen LogP contribution in [0.2, 0.25) is 0 Å². The molecule has 1 fully saturated rings. The van der Waals surface area contributed by atoms with Crippen LogP contribution in [0.3, 0.4) is 0 Å². The number of nitrogens with zero attached hydrogens (tertiary/aromatic N) is 2. The number of aromatic nitrogens is 1. The highest BCUT2D eigenvalue weighted by atomic mass is 16.3. The van der Waals surface area contributed by atoms with Crippen molar-refractivity contribution in [3.8, 4) is 0 Å². The number of allylic oxidation sites excluding steroid dienone is 1. The average Bonchev–Trinajstić information content (AvgIpc) is 2.36. The van der Waals surface area contributed by atoms with E-state index in [9.17, 15) is 14.4 Å². The lowest BCUT2D eigenvalue weighted by Crippen LogP contribution is -2.49. The first-order valence-electron chi connectivity index (χ1n) is 6.11. The summed E-state index contributed by atoms with van der Waals surface area (Å²) in [5.74, 6) is -0.432. The number of imide groups is 1. The van der Waals surface area contributed by atoms with Gasteiger partial charge in [0.25, 0.3) is 5.56 Å². The number of carbonyl (C=O) groups is 2. The van der Waals surface area contributed by atoms with Crippen LogP contribution < -0.4 is 10.9 Å². The normalized spacial score (nSPS) is 15.1. The van der Waals surface area contributed by atoms with Crippen molar-refractivity contribution in [2.24, 2.45) is 0 Å². The lowest BCUT2D eigenvalue weighted by molar-refractivity contribution is -0.121. The van der Waals surface area contributed by atoms with Gasteiger partial charge in [0.1, 0.15) is 5.76 Å². The van der Waals surface area contributed by atoms with Crippen LogP contribution in [0.4, 0.5) is 4.79 Å². The number of amides is 3. The Morgan fingerprint density at radius 1 is 1.40 bits per heavy atom. The van der Waals surface area contributed by atoms with Crippen LogP contribution in [0, 0.1) is 0 Å². The summed E-state index contributed by atoms with van der Waals surface area (Å²) in [6.45, 7) is 3.76. The Labute approximate surface area is 115 Å². The smallest absolute Gasteiger partial charge is 0.324 e. The van der Waals surface area contributed by atoms with Gasteiger partial charge >= 0.3 is 6.03 Å². The van der Waals surface area contributed by atoms with Gasteiger partial charge in [-0.3, -0.25) is 14.9 Å². The van der Waals surface area contributed by atoms with Crippen molar-refractivity contribution in [2.75, 3.05) is 6.54 Å². The topological polar surface area (TPSA) is 91.6 Å². The van der Waals surface area contributed by atoms with Crippen LogP contribution in [0.25, 0.3) is 0 Å². The third-order valence-electron chi connectivity index (χ3n) is 2.96. The number of nitrogens with one attached hydrogen (secondary N) is 1. The summed E-state index contributed by atoms with van der Waals surface area (Å²) in [6, 6.07) is 2.78. The molecular weight excluding hydrogens is 262 g/mol. The second kappa shape index (κ2) is 5.60. The van der Waals surface area contributed by atoms with Gasteiger partial charge in [-0.05, 0) is 6.07 Å². The Kier molecular flexibility index (Phi) is 3.88. The highest BCUT2D eigenvalue weighted by Gasteiger charge is 2.23. The average molecular weight is 277 g/mol. The molecule has 1 aromatic heterocycles. The van der Waals surface area contributed by atoms with Crippen molar-refractivity contribution in [3.63, 3.8) is 0 Å². The molecule has 1 aliphatic heterocycles. The van der Waals surface area contributed by atoms with Crippen LogP contribution in [0.5, 0.6) is 0 Å². The first-order valence-corrected chi connectivity index (χ1v) is 6.11. The van der Waals surface area contributed by atoms with E-state index in [0.29, 0.717) is 5.56 Å².